The van der Waals surface area contributed by atoms with Crippen molar-refractivity contribution in [1.29, 1.82) is 0 Å². The number of nitrogens with zero attached hydrogens (tertiary/aromatic N) is 1. The Morgan fingerprint density at radius 1 is 1.04 bits per heavy atom. The normalized spacial score (nSPS) is 13.4. The number of anilines is 1. The maximum Gasteiger partial charge on any atom is 0.0439 e. The Kier molecular flexibility index (Phi) is 7.06. The van der Waals surface area contributed by atoms with Gasteiger partial charge in [-0.2, -0.15) is 0 Å². The fourth-order valence-corrected chi connectivity index (χ4v) is 3.07. The second kappa shape index (κ2) is 9.27. The number of para-hydroxylation sites is 1. The fraction of sp³-hybridized carbons (Fsp3) is 0.333. The lowest BCUT2D eigenvalue weighted by Crippen LogP contribution is -2.18. The zero-order valence-electron chi connectivity index (χ0n) is 16.0. The summed E-state index contributed by atoms with van der Waals surface area (Å²) in [5.74, 6) is 0.601. The maximum atomic E-state index is 3.93. The van der Waals surface area contributed by atoms with Crippen molar-refractivity contribution in [2.24, 2.45) is 0 Å². The van der Waals surface area contributed by atoms with Gasteiger partial charge in [-0.25, -0.2) is 0 Å². The van der Waals surface area contributed by atoms with E-state index >= 15 is 0 Å². The SMILES string of the molecule is C=C(C)c1cccc(C(C)C)c1.C=Cc1ccccc1N1CCCC1. The van der Waals surface area contributed by atoms with Crippen LogP contribution in [0.5, 0.6) is 0 Å². The van der Waals surface area contributed by atoms with Gasteiger partial charge in [0, 0.05) is 18.8 Å². The molecule has 132 valence electrons. The van der Waals surface area contributed by atoms with Crippen LogP contribution in [0.25, 0.3) is 11.6 Å². The van der Waals surface area contributed by atoms with Crippen molar-refractivity contribution in [3.05, 3.63) is 78.4 Å². The van der Waals surface area contributed by atoms with Crippen LogP contribution in [0, 0.1) is 0 Å². The van der Waals surface area contributed by atoms with E-state index in [2.05, 4.69) is 80.4 Å². The van der Waals surface area contributed by atoms with Crippen molar-refractivity contribution in [1.82, 2.24) is 0 Å². The van der Waals surface area contributed by atoms with Gasteiger partial charge in [-0.3, -0.25) is 0 Å². The molecular weight excluding hydrogens is 302 g/mol. The first kappa shape index (κ1) is 19.1. The molecule has 1 aliphatic rings. The molecular formula is C24H31N. The van der Waals surface area contributed by atoms with Crippen LogP contribution in [0.2, 0.25) is 0 Å². The van der Waals surface area contributed by atoms with Crippen molar-refractivity contribution < 1.29 is 0 Å². The van der Waals surface area contributed by atoms with E-state index in [1.165, 1.54) is 48.3 Å². The van der Waals surface area contributed by atoms with Crippen LogP contribution in [0.3, 0.4) is 0 Å². The quantitative estimate of drug-likeness (QED) is 0.596. The van der Waals surface area contributed by atoms with Gasteiger partial charge in [0.2, 0.25) is 0 Å². The Hall–Kier alpha value is -2.28. The zero-order chi connectivity index (χ0) is 18.2. The average molecular weight is 334 g/mol. The van der Waals surface area contributed by atoms with E-state index in [0.717, 1.165) is 5.57 Å². The van der Waals surface area contributed by atoms with Crippen molar-refractivity contribution in [2.45, 2.75) is 39.5 Å². The molecule has 2 aromatic carbocycles. The first-order valence-corrected chi connectivity index (χ1v) is 9.25. The van der Waals surface area contributed by atoms with Gasteiger partial charge in [0.1, 0.15) is 0 Å². The van der Waals surface area contributed by atoms with Crippen LogP contribution in [0.15, 0.2) is 61.7 Å². The van der Waals surface area contributed by atoms with Crippen LogP contribution in [0.4, 0.5) is 5.69 Å². The molecule has 0 aromatic heterocycles. The summed E-state index contributed by atoms with van der Waals surface area (Å²) in [7, 11) is 0. The van der Waals surface area contributed by atoms with Crippen molar-refractivity contribution in [3.63, 3.8) is 0 Å². The molecule has 0 amide bonds. The molecule has 25 heavy (non-hydrogen) atoms. The molecule has 3 rings (SSSR count). The van der Waals surface area contributed by atoms with Crippen LogP contribution in [-0.4, -0.2) is 13.1 Å². The van der Waals surface area contributed by atoms with Gasteiger partial charge in [-0.1, -0.05) is 81.1 Å². The lowest BCUT2D eigenvalue weighted by molar-refractivity contribution is 0.866. The molecule has 1 saturated heterocycles. The summed E-state index contributed by atoms with van der Waals surface area (Å²) in [5.41, 5.74) is 6.37. The van der Waals surface area contributed by atoms with Gasteiger partial charge in [0.25, 0.3) is 0 Å². The number of benzene rings is 2. The van der Waals surface area contributed by atoms with Gasteiger partial charge in [0.15, 0.2) is 0 Å². The minimum Gasteiger partial charge on any atom is -0.371 e. The van der Waals surface area contributed by atoms with E-state index in [0.29, 0.717) is 5.92 Å². The second-order valence-corrected chi connectivity index (χ2v) is 7.02. The highest BCUT2D eigenvalue weighted by Crippen LogP contribution is 2.24. The summed E-state index contributed by atoms with van der Waals surface area (Å²) in [4.78, 5) is 2.44. The smallest absolute Gasteiger partial charge is 0.0439 e. The lowest BCUT2D eigenvalue weighted by Gasteiger charge is -2.19. The molecule has 0 atom stereocenters. The molecule has 1 heterocycles. The largest absolute Gasteiger partial charge is 0.371 e. The summed E-state index contributed by atoms with van der Waals surface area (Å²) in [6, 6.07) is 17.1. The molecule has 0 aliphatic carbocycles. The highest BCUT2D eigenvalue weighted by Gasteiger charge is 2.13. The van der Waals surface area contributed by atoms with Crippen LogP contribution >= 0.6 is 0 Å². The Bertz CT molecular complexity index is 706. The lowest BCUT2D eigenvalue weighted by atomic mass is 9.99. The average Bonchev–Trinajstić information content (AvgIpc) is 3.16. The molecule has 1 fully saturated rings. The number of allylic oxidation sites excluding steroid dienone is 1. The zero-order valence-corrected chi connectivity index (χ0v) is 16.0. The molecule has 1 heteroatoms. The van der Waals surface area contributed by atoms with E-state index in [4.69, 9.17) is 0 Å². The molecule has 1 aliphatic heterocycles. The molecule has 2 aromatic rings. The fourth-order valence-electron chi connectivity index (χ4n) is 3.07. The molecule has 0 bridgehead atoms. The number of hydrogen-bond donors (Lipinski definition) is 0. The van der Waals surface area contributed by atoms with E-state index in [-0.39, 0.29) is 0 Å². The van der Waals surface area contributed by atoms with Gasteiger partial charge < -0.3 is 4.90 Å². The molecule has 1 nitrogen and oxygen atoms in total. The molecule has 0 radical (unpaired) electrons. The molecule has 0 saturated carbocycles. The van der Waals surface area contributed by atoms with Crippen molar-refractivity contribution in [2.75, 3.05) is 18.0 Å². The maximum absolute atomic E-state index is 3.93. The Morgan fingerprint density at radius 2 is 1.72 bits per heavy atom. The third kappa shape index (κ3) is 5.35. The number of rotatable bonds is 4. The van der Waals surface area contributed by atoms with E-state index < -0.39 is 0 Å². The molecule has 0 unspecified atom stereocenters. The van der Waals surface area contributed by atoms with Crippen molar-refractivity contribution >= 4 is 17.3 Å². The van der Waals surface area contributed by atoms with Crippen LogP contribution in [-0.2, 0) is 0 Å². The molecule has 0 N–H and O–H groups in total. The van der Waals surface area contributed by atoms with Gasteiger partial charge in [-0.15, -0.1) is 0 Å². The first-order chi connectivity index (χ1) is 12.0. The van der Waals surface area contributed by atoms with Crippen LogP contribution < -0.4 is 4.90 Å². The van der Waals surface area contributed by atoms with Gasteiger partial charge >= 0.3 is 0 Å². The summed E-state index contributed by atoms with van der Waals surface area (Å²) in [6.45, 7) is 16.6. The minimum absolute atomic E-state index is 0.601. The minimum atomic E-state index is 0.601. The standard InChI is InChI=1S/C12H15N.C12H16/c1-2-11-7-3-4-8-12(11)13-9-5-6-10-13;1-9(2)11-6-5-7-12(8-11)10(3)4/h2-4,7-8H,1,5-6,9-10H2;5-8,10H,1H2,2-4H3. The van der Waals surface area contributed by atoms with E-state index in [1.807, 2.05) is 13.0 Å². The summed E-state index contributed by atoms with van der Waals surface area (Å²) in [6.07, 6.45) is 4.59. The highest BCUT2D eigenvalue weighted by atomic mass is 15.1. The predicted octanol–water partition coefficient (Wildman–Crippen LogP) is 6.77. The van der Waals surface area contributed by atoms with Crippen molar-refractivity contribution in [3.8, 4) is 0 Å². The number of hydrogen-bond acceptors (Lipinski definition) is 1. The summed E-state index contributed by atoms with van der Waals surface area (Å²) >= 11 is 0. The third-order valence-electron chi connectivity index (χ3n) is 4.65. The van der Waals surface area contributed by atoms with Gasteiger partial charge in [-0.05, 0) is 48.4 Å². The summed E-state index contributed by atoms with van der Waals surface area (Å²) < 4.78 is 0. The second-order valence-electron chi connectivity index (χ2n) is 7.02. The predicted molar refractivity (Wildman–Crippen MR) is 113 cm³/mol. The summed E-state index contributed by atoms with van der Waals surface area (Å²) in [5, 5.41) is 0. The van der Waals surface area contributed by atoms with Crippen LogP contribution in [0.1, 0.15) is 56.2 Å². The molecule has 0 spiro atoms. The Labute approximate surface area is 153 Å². The Morgan fingerprint density at radius 3 is 2.32 bits per heavy atom. The topological polar surface area (TPSA) is 3.24 Å². The third-order valence-corrected chi connectivity index (χ3v) is 4.65. The first-order valence-electron chi connectivity index (χ1n) is 9.25. The van der Waals surface area contributed by atoms with E-state index in [1.54, 1.807) is 0 Å². The highest BCUT2D eigenvalue weighted by molar-refractivity contribution is 5.67. The van der Waals surface area contributed by atoms with Gasteiger partial charge in [0.05, 0.1) is 0 Å². The Balaban J connectivity index is 0.000000181. The monoisotopic (exact) mass is 333 g/mol. The van der Waals surface area contributed by atoms with E-state index in [9.17, 15) is 0 Å².